The second-order valence-electron chi connectivity index (χ2n) is 5.16. The average molecular weight is 285 g/mol. The number of H-pyrrole nitrogens is 1. The number of nitrogens with one attached hydrogen (secondary N) is 1. The van der Waals surface area contributed by atoms with Crippen molar-refractivity contribution in [3.8, 4) is 0 Å². The van der Waals surface area contributed by atoms with Crippen molar-refractivity contribution in [2.24, 2.45) is 0 Å². The minimum absolute atomic E-state index is 0.212. The number of hydrogen-bond acceptors (Lipinski definition) is 4. The molecule has 7 heteroatoms. The zero-order valence-corrected chi connectivity index (χ0v) is 11.6. The molecule has 19 heavy (non-hydrogen) atoms. The van der Waals surface area contributed by atoms with Gasteiger partial charge in [0.15, 0.2) is 0 Å². The molecule has 1 aliphatic carbocycles. The predicted octanol–water partition coefficient (Wildman–Crippen LogP) is 1.06. The summed E-state index contributed by atoms with van der Waals surface area (Å²) in [5.41, 5.74) is 0.807. The van der Waals surface area contributed by atoms with Gasteiger partial charge in [-0.2, -0.15) is 9.40 Å². The first-order chi connectivity index (χ1) is 9.19. The van der Waals surface area contributed by atoms with Crippen molar-refractivity contribution in [3.05, 3.63) is 18.0 Å². The highest BCUT2D eigenvalue weighted by Gasteiger charge is 2.40. The summed E-state index contributed by atoms with van der Waals surface area (Å²) < 4.78 is 32.5. The average Bonchev–Trinajstić information content (AvgIpc) is 3.12. The smallest absolute Gasteiger partial charge is 0.217 e. The Kier molecular flexibility index (Phi) is 3.60. The molecule has 0 radical (unpaired) electrons. The maximum atomic E-state index is 12.7. The first kappa shape index (κ1) is 13.1. The lowest BCUT2D eigenvalue weighted by Crippen LogP contribution is -2.46. The topological polar surface area (TPSA) is 75.3 Å². The van der Waals surface area contributed by atoms with Crippen LogP contribution in [0.2, 0.25) is 0 Å². The Hall–Kier alpha value is -0.920. The summed E-state index contributed by atoms with van der Waals surface area (Å²) in [6.45, 7) is 1.30. The van der Waals surface area contributed by atoms with Crippen LogP contribution < -0.4 is 0 Å². The lowest BCUT2D eigenvalue weighted by molar-refractivity contribution is 0.0301. The fraction of sp³-hybridized carbons (Fsp3) is 0.750. The number of ether oxygens (including phenoxy) is 1. The molecule has 1 saturated heterocycles. The molecule has 2 aliphatic rings. The monoisotopic (exact) mass is 285 g/mol. The van der Waals surface area contributed by atoms with Gasteiger partial charge in [-0.3, -0.25) is 5.10 Å². The molecule has 2 fully saturated rings. The van der Waals surface area contributed by atoms with Crippen LogP contribution in [-0.4, -0.2) is 47.9 Å². The summed E-state index contributed by atoms with van der Waals surface area (Å²) in [5, 5.41) is 6.56. The molecule has 0 amide bonds. The maximum Gasteiger partial charge on any atom is 0.217 e. The Morgan fingerprint density at radius 2 is 2.16 bits per heavy atom. The minimum Gasteiger partial charge on any atom is -0.378 e. The van der Waals surface area contributed by atoms with Crippen LogP contribution in [0.15, 0.2) is 12.3 Å². The Balaban J connectivity index is 1.87. The number of rotatable bonds is 3. The number of morpholine rings is 1. The van der Waals surface area contributed by atoms with Crippen LogP contribution >= 0.6 is 0 Å². The molecule has 1 aromatic heterocycles. The number of aromatic amines is 1. The fourth-order valence-corrected chi connectivity index (χ4v) is 5.14. The summed E-state index contributed by atoms with van der Waals surface area (Å²) in [4.78, 5) is 0. The van der Waals surface area contributed by atoms with Gasteiger partial charge < -0.3 is 4.74 Å². The summed E-state index contributed by atoms with van der Waals surface area (Å²) in [5.74, 6) is 0. The van der Waals surface area contributed by atoms with Gasteiger partial charge >= 0.3 is 0 Å². The van der Waals surface area contributed by atoms with Gasteiger partial charge in [0.25, 0.3) is 0 Å². The van der Waals surface area contributed by atoms with Crippen LogP contribution in [0.4, 0.5) is 0 Å². The number of hydrogen-bond donors (Lipinski definition) is 1. The van der Waals surface area contributed by atoms with E-state index in [-0.39, 0.29) is 11.3 Å². The molecule has 1 aromatic rings. The molecule has 106 valence electrons. The van der Waals surface area contributed by atoms with Gasteiger partial charge in [0.05, 0.1) is 30.2 Å². The van der Waals surface area contributed by atoms with E-state index >= 15 is 0 Å². The van der Waals surface area contributed by atoms with E-state index in [1.165, 1.54) is 0 Å². The van der Waals surface area contributed by atoms with Crippen LogP contribution in [0.3, 0.4) is 0 Å². The van der Waals surface area contributed by atoms with Crippen LogP contribution in [-0.2, 0) is 14.8 Å². The molecule has 1 saturated carbocycles. The molecular formula is C12H19N3O3S. The van der Waals surface area contributed by atoms with E-state index in [1.54, 1.807) is 10.5 Å². The number of aromatic nitrogens is 2. The summed E-state index contributed by atoms with van der Waals surface area (Å²) in [6.07, 6.45) is 5.25. The first-order valence-corrected chi connectivity index (χ1v) is 8.27. The predicted molar refractivity (Wildman–Crippen MR) is 70.0 cm³/mol. The third-order valence-electron chi connectivity index (χ3n) is 4.01. The van der Waals surface area contributed by atoms with Gasteiger partial charge in [-0.1, -0.05) is 12.8 Å². The van der Waals surface area contributed by atoms with Crippen LogP contribution in [0.1, 0.15) is 37.4 Å². The summed E-state index contributed by atoms with van der Waals surface area (Å²) in [7, 11) is -3.23. The van der Waals surface area contributed by atoms with Crippen molar-refractivity contribution in [2.45, 2.75) is 37.0 Å². The minimum atomic E-state index is -3.23. The molecule has 0 spiro atoms. The van der Waals surface area contributed by atoms with E-state index in [0.29, 0.717) is 19.8 Å². The maximum absolute atomic E-state index is 12.7. The summed E-state index contributed by atoms with van der Waals surface area (Å²) >= 11 is 0. The van der Waals surface area contributed by atoms with Gasteiger partial charge in [-0.05, 0) is 18.9 Å². The molecule has 0 unspecified atom stereocenters. The van der Waals surface area contributed by atoms with E-state index in [1.807, 2.05) is 6.07 Å². The molecule has 6 nitrogen and oxygen atoms in total. The van der Waals surface area contributed by atoms with E-state index in [9.17, 15) is 8.42 Å². The van der Waals surface area contributed by atoms with Gasteiger partial charge in [-0.25, -0.2) is 8.42 Å². The molecule has 2 heterocycles. The van der Waals surface area contributed by atoms with Gasteiger partial charge in [0.2, 0.25) is 10.0 Å². The fourth-order valence-electron chi connectivity index (χ4n) is 2.97. The van der Waals surface area contributed by atoms with Crippen LogP contribution in [0.25, 0.3) is 0 Å². The highest BCUT2D eigenvalue weighted by molar-refractivity contribution is 7.89. The highest BCUT2D eigenvalue weighted by Crippen LogP contribution is 2.33. The van der Waals surface area contributed by atoms with Crippen LogP contribution in [0, 0.1) is 0 Å². The summed E-state index contributed by atoms with van der Waals surface area (Å²) in [6, 6.07) is 1.55. The second kappa shape index (κ2) is 5.22. The molecule has 1 atom stereocenters. The van der Waals surface area contributed by atoms with E-state index < -0.39 is 10.0 Å². The SMILES string of the molecule is O=S(=O)(C1CCCC1)N1CCOC[C@H]1c1ccn[nH]1. The van der Waals surface area contributed by atoms with E-state index in [2.05, 4.69) is 10.2 Å². The van der Waals surface area contributed by atoms with Crippen molar-refractivity contribution in [1.82, 2.24) is 14.5 Å². The zero-order chi connectivity index (χ0) is 13.3. The van der Waals surface area contributed by atoms with Crippen molar-refractivity contribution < 1.29 is 13.2 Å². The Labute approximate surface area is 113 Å². The molecule has 0 aromatic carbocycles. The quantitative estimate of drug-likeness (QED) is 0.901. The normalized spacial score (nSPS) is 26.8. The van der Waals surface area contributed by atoms with E-state index in [0.717, 1.165) is 31.4 Å². The van der Waals surface area contributed by atoms with Gasteiger partial charge in [-0.15, -0.1) is 0 Å². The molecule has 0 bridgehead atoms. The highest BCUT2D eigenvalue weighted by atomic mass is 32.2. The largest absolute Gasteiger partial charge is 0.378 e. The number of nitrogens with zero attached hydrogens (tertiary/aromatic N) is 2. The van der Waals surface area contributed by atoms with Crippen molar-refractivity contribution in [3.63, 3.8) is 0 Å². The van der Waals surface area contributed by atoms with Crippen molar-refractivity contribution >= 4 is 10.0 Å². The molecule has 1 aliphatic heterocycles. The lowest BCUT2D eigenvalue weighted by Gasteiger charge is -2.35. The van der Waals surface area contributed by atoms with Crippen molar-refractivity contribution in [1.29, 1.82) is 0 Å². The number of sulfonamides is 1. The zero-order valence-electron chi connectivity index (χ0n) is 10.8. The lowest BCUT2D eigenvalue weighted by atomic mass is 10.2. The van der Waals surface area contributed by atoms with Crippen molar-refractivity contribution in [2.75, 3.05) is 19.8 Å². The Bertz CT molecular complexity index is 508. The molecule has 1 N–H and O–H groups in total. The van der Waals surface area contributed by atoms with Crippen LogP contribution in [0.5, 0.6) is 0 Å². The third-order valence-corrected chi connectivity index (χ3v) is 6.42. The van der Waals surface area contributed by atoms with E-state index in [4.69, 9.17) is 4.74 Å². The standard InChI is InChI=1S/C12H19N3O3S/c16-19(17,10-3-1-2-4-10)15-7-8-18-9-12(15)11-5-6-13-14-11/h5-6,10,12H,1-4,7-9H2,(H,13,14)/t12-/m0/s1. The Morgan fingerprint density at radius 1 is 1.37 bits per heavy atom. The third kappa shape index (κ3) is 2.42. The molecular weight excluding hydrogens is 266 g/mol. The second-order valence-corrected chi connectivity index (χ2v) is 7.33. The Morgan fingerprint density at radius 3 is 2.84 bits per heavy atom. The molecule has 3 rings (SSSR count). The van der Waals surface area contributed by atoms with Gasteiger partial charge in [0, 0.05) is 12.7 Å². The van der Waals surface area contributed by atoms with Gasteiger partial charge in [0.1, 0.15) is 0 Å². The first-order valence-electron chi connectivity index (χ1n) is 6.77.